The molecule has 1 saturated heterocycles. The van der Waals surface area contributed by atoms with Gasteiger partial charge in [-0.1, -0.05) is 41.1 Å². The van der Waals surface area contributed by atoms with Gasteiger partial charge in [0.15, 0.2) is 5.13 Å². The van der Waals surface area contributed by atoms with E-state index >= 15 is 0 Å². The molecule has 1 fully saturated rings. The van der Waals surface area contributed by atoms with Crippen molar-refractivity contribution in [3.63, 3.8) is 0 Å². The fraction of sp³-hybridized carbons (Fsp3) is 0.207. The number of carbonyl (C=O) groups is 2. The van der Waals surface area contributed by atoms with Crippen LogP contribution in [0.4, 0.5) is 5.13 Å². The summed E-state index contributed by atoms with van der Waals surface area (Å²) in [6.07, 6.45) is 0.744. The fourth-order valence-electron chi connectivity index (χ4n) is 5.18. The molecule has 0 saturated carbocycles. The number of nitrogens with zero attached hydrogens (tertiary/aromatic N) is 2. The maximum atomic E-state index is 13.5. The van der Waals surface area contributed by atoms with Crippen molar-refractivity contribution in [1.29, 1.82) is 0 Å². The molecule has 0 radical (unpaired) electrons. The molecule has 0 unspecified atom stereocenters. The molecular formula is C29H23ClN2O4S. The predicted molar refractivity (Wildman–Crippen MR) is 146 cm³/mol. The van der Waals surface area contributed by atoms with Gasteiger partial charge in [0.2, 0.25) is 0 Å². The third-order valence-corrected chi connectivity index (χ3v) is 8.08. The summed E-state index contributed by atoms with van der Waals surface area (Å²) >= 11 is 7.50. The van der Waals surface area contributed by atoms with Crippen molar-refractivity contribution < 1.29 is 19.4 Å². The molecule has 2 aliphatic rings. The standard InChI is InChI=1S/C29H23ClN2O4S/c1-14-10-15(2)24-22(11-14)37-29(31-24)32-25(17-4-7-20(30)8-5-17)23(27(34)28(32)35)26(33)18-6-9-21-19(13-18)12-16(3)36-21/h4-11,13,16,25,33H,12H2,1-3H3/t16-,25+/m0/s1. The number of fused-ring (bicyclic) bond motifs is 2. The highest BCUT2D eigenvalue weighted by Gasteiger charge is 2.48. The highest BCUT2D eigenvalue weighted by molar-refractivity contribution is 7.22. The Bertz CT molecular complexity index is 1640. The van der Waals surface area contributed by atoms with Gasteiger partial charge >= 0.3 is 5.91 Å². The average molecular weight is 531 g/mol. The van der Waals surface area contributed by atoms with E-state index in [1.807, 2.05) is 39.0 Å². The lowest BCUT2D eigenvalue weighted by Crippen LogP contribution is -2.29. The van der Waals surface area contributed by atoms with E-state index in [2.05, 4.69) is 0 Å². The van der Waals surface area contributed by atoms with Crippen LogP contribution in [0.25, 0.3) is 16.0 Å². The molecule has 2 aliphatic heterocycles. The number of anilines is 1. The van der Waals surface area contributed by atoms with Gasteiger partial charge in [0.25, 0.3) is 5.78 Å². The van der Waals surface area contributed by atoms with Crippen molar-refractivity contribution in [2.24, 2.45) is 0 Å². The summed E-state index contributed by atoms with van der Waals surface area (Å²) in [5.74, 6) is -0.946. The number of hydrogen-bond acceptors (Lipinski definition) is 6. The topological polar surface area (TPSA) is 79.7 Å². The number of aliphatic hydroxyl groups excluding tert-OH is 1. The fourth-order valence-corrected chi connectivity index (χ4v) is 6.47. The smallest absolute Gasteiger partial charge is 0.301 e. The number of halogens is 1. The molecule has 1 N–H and O–H groups in total. The Hall–Kier alpha value is -3.68. The highest BCUT2D eigenvalue weighted by Crippen LogP contribution is 2.45. The van der Waals surface area contributed by atoms with Crippen molar-refractivity contribution in [1.82, 2.24) is 4.98 Å². The van der Waals surface area contributed by atoms with Gasteiger partial charge in [-0.25, -0.2) is 4.98 Å². The first kappa shape index (κ1) is 23.7. The van der Waals surface area contributed by atoms with Crippen LogP contribution < -0.4 is 9.64 Å². The molecule has 1 amide bonds. The number of amides is 1. The summed E-state index contributed by atoms with van der Waals surface area (Å²) in [6, 6.07) is 15.5. The number of hydrogen-bond donors (Lipinski definition) is 1. The number of aromatic nitrogens is 1. The predicted octanol–water partition coefficient (Wildman–Crippen LogP) is 6.52. The van der Waals surface area contributed by atoms with Crippen LogP contribution in [0.5, 0.6) is 5.75 Å². The van der Waals surface area contributed by atoms with Crippen LogP contribution in [0.15, 0.2) is 60.2 Å². The van der Waals surface area contributed by atoms with E-state index in [0.29, 0.717) is 27.7 Å². The van der Waals surface area contributed by atoms with Gasteiger partial charge in [0.1, 0.15) is 17.6 Å². The Balaban J connectivity index is 1.54. The first-order valence-electron chi connectivity index (χ1n) is 12.0. The lowest BCUT2D eigenvalue weighted by atomic mass is 9.94. The SMILES string of the molecule is Cc1cc(C)c2nc(N3C(=O)C(=O)C(=C(O)c4ccc5c(c4)C[C@H](C)O5)[C@H]3c3ccc(Cl)cc3)sc2c1. The molecule has 186 valence electrons. The normalized spacial score (nSPS) is 20.5. The summed E-state index contributed by atoms with van der Waals surface area (Å²) in [4.78, 5) is 33.2. The highest BCUT2D eigenvalue weighted by atomic mass is 35.5. The Kier molecular flexibility index (Phi) is 5.58. The molecule has 6 rings (SSSR count). The second-order valence-corrected chi connectivity index (χ2v) is 11.0. The van der Waals surface area contributed by atoms with Crippen LogP contribution in [0, 0.1) is 13.8 Å². The van der Waals surface area contributed by atoms with Gasteiger partial charge in [-0.05, 0) is 79.4 Å². The molecule has 4 aromatic rings. The molecule has 8 heteroatoms. The van der Waals surface area contributed by atoms with Gasteiger partial charge in [0, 0.05) is 17.0 Å². The zero-order valence-corrected chi connectivity index (χ0v) is 22.0. The first-order chi connectivity index (χ1) is 17.7. The minimum atomic E-state index is -0.859. The summed E-state index contributed by atoms with van der Waals surface area (Å²) in [5, 5.41) is 12.4. The second kappa shape index (κ2) is 8.71. The van der Waals surface area contributed by atoms with Crippen LogP contribution in [0.2, 0.25) is 5.02 Å². The van der Waals surface area contributed by atoms with Gasteiger partial charge in [-0.3, -0.25) is 14.5 Å². The Morgan fingerprint density at radius 1 is 1.11 bits per heavy atom. The molecule has 0 aliphatic carbocycles. The quantitative estimate of drug-likeness (QED) is 0.185. The third kappa shape index (κ3) is 3.90. The van der Waals surface area contributed by atoms with E-state index in [-0.39, 0.29) is 17.4 Å². The molecule has 3 aromatic carbocycles. The number of ether oxygens (including phenoxy) is 1. The molecular weight excluding hydrogens is 508 g/mol. The Morgan fingerprint density at radius 3 is 2.62 bits per heavy atom. The van der Waals surface area contributed by atoms with E-state index in [4.69, 9.17) is 21.3 Å². The average Bonchev–Trinajstić information content (AvgIpc) is 3.52. The first-order valence-corrected chi connectivity index (χ1v) is 13.1. The van der Waals surface area contributed by atoms with E-state index in [0.717, 1.165) is 32.7 Å². The molecule has 0 bridgehead atoms. The summed E-state index contributed by atoms with van der Waals surface area (Å²) in [6.45, 7) is 5.96. The Morgan fingerprint density at radius 2 is 1.86 bits per heavy atom. The molecule has 0 spiro atoms. The van der Waals surface area contributed by atoms with Crippen LogP contribution in [-0.2, 0) is 16.0 Å². The number of Topliss-reactive ketones (excluding diaryl/α,β-unsaturated/α-hetero) is 1. The number of carbonyl (C=O) groups excluding carboxylic acids is 2. The lowest BCUT2D eigenvalue weighted by molar-refractivity contribution is -0.132. The number of benzene rings is 3. The molecule has 37 heavy (non-hydrogen) atoms. The van der Waals surface area contributed by atoms with E-state index in [9.17, 15) is 14.7 Å². The van der Waals surface area contributed by atoms with E-state index in [1.54, 1.807) is 36.4 Å². The van der Waals surface area contributed by atoms with Crippen molar-refractivity contribution >= 4 is 55.7 Å². The monoisotopic (exact) mass is 530 g/mol. The number of rotatable bonds is 3. The molecule has 1 aromatic heterocycles. The maximum Gasteiger partial charge on any atom is 0.301 e. The number of aliphatic hydroxyl groups is 1. The lowest BCUT2D eigenvalue weighted by Gasteiger charge is -2.23. The van der Waals surface area contributed by atoms with Gasteiger partial charge < -0.3 is 9.84 Å². The van der Waals surface area contributed by atoms with Crippen LogP contribution in [0.1, 0.15) is 40.8 Å². The number of aryl methyl sites for hydroxylation is 2. The van der Waals surface area contributed by atoms with Crippen LogP contribution in [0.3, 0.4) is 0 Å². The molecule has 6 nitrogen and oxygen atoms in total. The minimum Gasteiger partial charge on any atom is -0.507 e. The Labute approximate surface area is 222 Å². The van der Waals surface area contributed by atoms with Crippen molar-refractivity contribution in [2.45, 2.75) is 39.3 Å². The van der Waals surface area contributed by atoms with Crippen molar-refractivity contribution in [3.05, 3.63) is 93.0 Å². The van der Waals surface area contributed by atoms with E-state index in [1.165, 1.54) is 16.2 Å². The van der Waals surface area contributed by atoms with Crippen molar-refractivity contribution in [3.8, 4) is 5.75 Å². The van der Waals surface area contributed by atoms with E-state index < -0.39 is 17.7 Å². The van der Waals surface area contributed by atoms with Crippen LogP contribution >= 0.6 is 22.9 Å². The van der Waals surface area contributed by atoms with Gasteiger partial charge in [-0.2, -0.15) is 0 Å². The summed E-state index contributed by atoms with van der Waals surface area (Å²) < 4.78 is 6.71. The summed E-state index contributed by atoms with van der Waals surface area (Å²) in [7, 11) is 0. The van der Waals surface area contributed by atoms with Gasteiger partial charge in [-0.15, -0.1) is 0 Å². The zero-order chi connectivity index (χ0) is 26.0. The minimum absolute atomic E-state index is 0.0198. The maximum absolute atomic E-state index is 13.5. The third-order valence-electron chi connectivity index (χ3n) is 6.82. The molecule has 3 heterocycles. The van der Waals surface area contributed by atoms with Crippen molar-refractivity contribution in [2.75, 3.05) is 4.90 Å². The summed E-state index contributed by atoms with van der Waals surface area (Å²) in [5.41, 5.74) is 4.95. The zero-order valence-electron chi connectivity index (χ0n) is 20.4. The number of ketones is 1. The number of thiazole rings is 1. The van der Waals surface area contributed by atoms with Gasteiger partial charge in [0.05, 0.1) is 21.8 Å². The van der Waals surface area contributed by atoms with Crippen LogP contribution in [-0.4, -0.2) is 27.9 Å². The molecule has 2 atom stereocenters. The second-order valence-electron chi connectivity index (χ2n) is 9.60. The largest absolute Gasteiger partial charge is 0.507 e.